The van der Waals surface area contributed by atoms with Gasteiger partial charge in [-0.2, -0.15) is 0 Å². The molecule has 0 bridgehead atoms. The molecule has 0 amide bonds. The molecule has 1 fully saturated rings. The van der Waals surface area contributed by atoms with E-state index in [1.807, 2.05) is 12.1 Å². The Kier molecular flexibility index (Phi) is 3.14. The monoisotopic (exact) mass is 206 g/mol. The first-order chi connectivity index (χ1) is 7.29. The van der Waals surface area contributed by atoms with Crippen LogP contribution < -0.4 is 0 Å². The Morgan fingerprint density at radius 1 is 1.20 bits per heavy atom. The second-order valence-corrected chi connectivity index (χ2v) is 3.89. The van der Waals surface area contributed by atoms with E-state index >= 15 is 0 Å². The average Bonchev–Trinajstić information content (AvgIpc) is 2.30. The summed E-state index contributed by atoms with van der Waals surface area (Å²) in [5, 5.41) is 0. The lowest BCUT2D eigenvalue weighted by Crippen LogP contribution is -2.24. The van der Waals surface area contributed by atoms with E-state index in [-0.39, 0.29) is 6.29 Å². The van der Waals surface area contributed by atoms with Gasteiger partial charge in [0.25, 0.3) is 0 Å². The van der Waals surface area contributed by atoms with Crippen molar-refractivity contribution in [3.8, 4) is 0 Å². The number of hydrogen-bond acceptors (Lipinski definition) is 3. The van der Waals surface area contributed by atoms with Gasteiger partial charge in [-0.1, -0.05) is 31.2 Å². The van der Waals surface area contributed by atoms with Gasteiger partial charge in [0, 0.05) is 17.0 Å². The van der Waals surface area contributed by atoms with Crippen molar-refractivity contribution in [3.63, 3.8) is 0 Å². The third kappa shape index (κ3) is 2.43. The maximum absolute atomic E-state index is 10.5. The van der Waals surface area contributed by atoms with Crippen LogP contribution in [0.4, 0.5) is 0 Å². The highest BCUT2D eigenvalue weighted by atomic mass is 16.7. The fourth-order valence-corrected chi connectivity index (χ4v) is 1.52. The minimum absolute atomic E-state index is 0.276. The van der Waals surface area contributed by atoms with Gasteiger partial charge in [0.15, 0.2) is 6.29 Å². The van der Waals surface area contributed by atoms with Crippen LogP contribution in [0.1, 0.15) is 29.1 Å². The number of carbonyl (C=O) groups excluding carboxylic acids is 1. The quantitative estimate of drug-likeness (QED) is 0.696. The Balaban J connectivity index is 2.06. The molecule has 2 rings (SSSR count). The summed E-state index contributed by atoms with van der Waals surface area (Å²) >= 11 is 0. The van der Waals surface area contributed by atoms with Crippen LogP contribution in [0.3, 0.4) is 0 Å². The van der Waals surface area contributed by atoms with Gasteiger partial charge in [0.05, 0.1) is 13.2 Å². The largest absolute Gasteiger partial charge is 0.348 e. The molecule has 1 aromatic carbocycles. The number of hydrogen-bond donors (Lipinski definition) is 0. The highest BCUT2D eigenvalue weighted by Crippen LogP contribution is 2.24. The van der Waals surface area contributed by atoms with Crippen LogP contribution in [0.2, 0.25) is 0 Å². The first-order valence-corrected chi connectivity index (χ1v) is 5.08. The molecule has 80 valence electrons. The molecule has 3 heteroatoms. The zero-order valence-corrected chi connectivity index (χ0v) is 8.68. The van der Waals surface area contributed by atoms with E-state index in [4.69, 9.17) is 9.47 Å². The van der Waals surface area contributed by atoms with E-state index in [1.165, 1.54) is 0 Å². The molecule has 0 radical (unpaired) electrons. The average molecular weight is 206 g/mol. The van der Waals surface area contributed by atoms with Crippen molar-refractivity contribution in [1.82, 2.24) is 0 Å². The van der Waals surface area contributed by atoms with E-state index in [0.717, 1.165) is 25.1 Å². The Hall–Kier alpha value is -1.19. The first kappa shape index (κ1) is 10.3. The molecule has 1 heterocycles. The third-order valence-corrected chi connectivity index (χ3v) is 2.41. The third-order valence-electron chi connectivity index (χ3n) is 2.41. The molecule has 0 saturated carbocycles. The van der Waals surface area contributed by atoms with Crippen molar-refractivity contribution >= 4 is 6.29 Å². The maximum Gasteiger partial charge on any atom is 0.183 e. The normalized spacial score (nSPS) is 26.2. The number of benzene rings is 1. The molecule has 1 aliphatic rings. The Labute approximate surface area is 89.0 Å². The standard InChI is InChI=1S/C12H14O3/c1-9-7-14-12(15-8-9)11-4-2-10(6-13)3-5-11/h2-6,9,12H,7-8H2,1H3. The highest BCUT2D eigenvalue weighted by Gasteiger charge is 2.20. The number of rotatable bonds is 2. The molecular weight excluding hydrogens is 192 g/mol. The summed E-state index contributed by atoms with van der Waals surface area (Å²) in [5.74, 6) is 0.454. The van der Waals surface area contributed by atoms with E-state index in [2.05, 4.69) is 6.92 Å². The van der Waals surface area contributed by atoms with Gasteiger partial charge in [0.1, 0.15) is 6.29 Å². The van der Waals surface area contributed by atoms with Crippen molar-refractivity contribution in [2.24, 2.45) is 5.92 Å². The lowest BCUT2D eigenvalue weighted by Gasteiger charge is -2.27. The second-order valence-electron chi connectivity index (χ2n) is 3.89. The summed E-state index contributed by atoms with van der Waals surface area (Å²) in [4.78, 5) is 10.5. The van der Waals surface area contributed by atoms with Gasteiger partial charge in [-0.15, -0.1) is 0 Å². The van der Waals surface area contributed by atoms with Crippen LogP contribution in [0.15, 0.2) is 24.3 Å². The second kappa shape index (κ2) is 4.55. The van der Waals surface area contributed by atoms with Gasteiger partial charge in [0.2, 0.25) is 0 Å². The zero-order valence-electron chi connectivity index (χ0n) is 8.68. The predicted octanol–water partition coefficient (Wildman–Crippen LogP) is 2.18. The van der Waals surface area contributed by atoms with Crippen molar-refractivity contribution < 1.29 is 14.3 Å². The summed E-state index contributed by atoms with van der Waals surface area (Å²) in [5.41, 5.74) is 1.63. The van der Waals surface area contributed by atoms with Gasteiger partial charge in [-0.05, 0) is 0 Å². The molecule has 0 atom stereocenters. The molecule has 0 aromatic heterocycles. The van der Waals surface area contributed by atoms with Crippen LogP contribution in [0.25, 0.3) is 0 Å². The molecule has 1 saturated heterocycles. The van der Waals surface area contributed by atoms with Crippen molar-refractivity contribution in [3.05, 3.63) is 35.4 Å². The predicted molar refractivity (Wildman–Crippen MR) is 55.6 cm³/mol. The molecule has 1 aromatic rings. The Morgan fingerprint density at radius 2 is 1.80 bits per heavy atom. The van der Waals surface area contributed by atoms with Gasteiger partial charge in [-0.25, -0.2) is 0 Å². The van der Waals surface area contributed by atoms with E-state index < -0.39 is 0 Å². The lowest BCUT2D eigenvalue weighted by atomic mass is 10.1. The summed E-state index contributed by atoms with van der Waals surface area (Å²) < 4.78 is 11.1. The summed E-state index contributed by atoms with van der Waals surface area (Å²) in [6.07, 6.45) is 0.552. The highest BCUT2D eigenvalue weighted by molar-refractivity contribution is 5.74. The number of aldehydes is 1. The SMILES string of the molecule is CC1COC(c2ccc(C=O)cc2)OC1. The summed E-state index contributed by atoms with van der Waals surface area (Å²) in [6.45, 7) is 3.53. The smallest absolute Gasteiger partial charge is 0.183 e. The molecule has 0 aliphatic carbocycles. The van der Waals surface area contributed by atoms with Gasteiger partial charge < -0.3 is 9.47 Å². The van der Waals surface area contributed by atoms with Crippen molar-refractivity contribution in [2.45, 2.75) is 13.2 Å². The summed E-state index contributed by atoms with van der Waals surface area (Å²) in [6, 6.07) is 7.27. The molecule has 3 nitrogen and oxygen atoms in total. The lowest BCUT2D eigenvalue weighted by molar-refractivity contribution is -0.202. The van der Waals surface area contributed by atoms with Crippen LogP contribution >= 0.6 is 0 Å². The first-order valence-electron chi connectivity index (χ1n) is 5.08. The topological polar surface area (TPSA) is 35.5 Å². The fraction of sp³-hybridized carbons (Fsp3) is 0.417. The number of ether oxygens (including phenoxy) is 2. The molecule has 0 spiro atoms. The zero-order chi connectivity index (χ0) is 10.7. The van der Waals surface area contributed by atoms with E-state index in [9.17, 15) is 4.79 Å². The van der Waals surface area contributed by atoms with Crippen molar-refractivity contribution in [1.29, 1.82) is 0 Å². The molecule has 0 unspecified atom stereocenters. The number of carbonyl (C=O) groups is 1. The van der Waals surface area contributed by atoms with Gasteiger partial charge in [-0.3, -0.25) is 4.79 Å². The summed E-state index contributed by atoms with van der Waals surface area (Å²) in [7, 11) is 0. The Morgan fingerprint density at radius 3 is 2.33 bits per heavy atom. The molecule has 15 heavy (non-hydrogen) atoms. The van der Waals surface area contributed by atoms with E-state index in [1.54, 1.807) is 12.1 Å². The van der Waals surface area contributed by atoms with E-state index in [0.29, 0.717) is 11.5 Å². The maximum atomic E-state index is 10.5. The fourth-order valence-electron chi connectivity index (χ4n) is 1.52. The van der Waals surface area contributed by atoms with Crippen molar-refractivity contribution in [2.75, 3.05) is 13.2 Å². The minimum Gasteiger partial charge on any atom is -0.348 e. The van der Waals surface area contributed by atoms with Crippen LogP contribution in [-0.2, 0) is 9.47 Å². The van der Waals surface area contributed by atoms with Crippen LogP contribution in [0.5, 0.6) is 0 Å². The van der Waals surface area contributed by atoms with Crippen LogP contribution in [0, 0.1) is 5.92 Å². The molecule has 0 N–H and O–H groups in total. The Bertz CT molecular complexity index is 323. The molecule has 1 aliphatic heterocycles. The van der Waals surface area contributed by atoms with Crippen LogP contribution in [-0.4, -0.2) is 19.5 Å². The van der Waals surface area contributed by atoms with Gasteiger partial charge >= 0.3 is 0 Å². The molecular formula is C12H14O3. The minimum atomic E-state index is -0.276.